The van der Waals surface area contributed by atoms with Crippen molar-refractivity contribution in [1.82, 2.24) is 5.32 Å². The van der Waals surface area contributed by atoms with Crippen LogP contribution < -0.4 is 5.32 Å². The van der Waals surface area contributed by atoms with Gasteiger partial charge in [0.25, 0.3) is 0 Å². The van der Waals surface area contributed by atoms with Crippen LogP contribution in [-0.2, 0) is 4.74 Å². The van der Waals surface area contributed by atoms with E-state index in [9.17, 15) is 0 Å². The van der Waals surface area contributed by atoms with Crippen molar-refractivity contribution in [3.8, 4) is 0 Å². The predicted octanol–water partition coefficient (Wildman–Crippen LogP) is 2.86. The summed E-state index contributed by atoms with van der Waals surface area (Å²) < 4.78 is 5.63. The molecule has 0 aliphatic carbocycles. The molecule has 0 aromatic carbocycles. The van der Waals surface area contributed by atoms with Gasteiger partial charge in [-0.2, -0.15) is 0 Å². The van der Waals surface area contributed by atoms with Crippen LogP contribution in [0.1, 0.15) is 39.5 Å². The first kappa shape index (κ1) is 15.2. The second kappa shape index (κ2) is 9.44. The van der Waals surface area contributed by atoms with E-state index in [4.69, 9.17) is 4.74 Å². The summed E-state index contributed by atoms with van der Waals surface area (Å²) in [6.45, 7) is 8.82. The average Bonchev–Trinajstić information content (AvgIpc) is 2.18. The van der Waals surface area contributed by atoms with Crippen LogP contribution in [0.25, 0.3) is 0 Å². The molecule has 0 unspecified atom stereocenters. The van der Waals surface area contributed by atoms with Crippen LogP contribution in [0.2, 0.25) is 0 Å². The fraction of sp³-hybridized carbons (Fsp3) is 1.00. The van der Waals surface area contributed by atoms with Crippen LogP contribution in [0.4, 0.5) is 0 Å². The van der Waals surface area contributed by atoms with Gasteiger partial charge in [0, 0.05) is 13.2 Å². The van der Waals surface area contributed by atoms with Crippen LogP contribution in [-0.4, -0.2) is 26.3 Å². The number of nitrogens with one attached hydrogen (secondary N) is 1. The van der Waals surface area contributed by atoms with E-state index in [-0.39, 0.29) is 12.4 Å². The van der Waals surface area contributed by atoms with Gasteiger partial charge in [-0.3, -0.25) is 0 Å². The normalized spacial score (nSPS) is 17.8. The van der Waals surface area contributed by atoms with E-state index in [2.05, 4.69) is 19.2 Å². The van der Waals surface area contributed by atoms with E-state index in [1.54, 1.807) is 0 Å². The fourth-order valence-electron chi connectivity index (χ4n) is 1.84. The molecule has 15 heavy (non-hydrogen) atoms. The van der Waals surface area contributed by atoms with Gasteiger partial charge in [0.15, 0.2) is 0 Å². The van der Waals surface area contributed by atoms with Crippen molar-refractivity contribution in [3.63, 3.8) is 0 Å². The van der Waals surface area contributed by atoms with Crippen LogP contribution in [0.15, 0.2) is 0 Å². The SMILES string of the molecule is CC(C)CCOCCC1CCNCC1.Cl. The first-order valence-electron chi connectivity index (χ1n) is 6.07. The van der Waals surface area contributed by atoms with Crippen LogP contribution >= 0.6 is 12.4 Å². The fourth-order valence-corrected chi connectivity index (χ4v) is 1.84. The van der Waals surface area contributed by atoms with Crippen molar-refractivity contribution in [3.05, 3.63) is 0 Å². The molecular formula is C12H26ClNO. The highest BCUT2D eigenvalue weighted by atomic mass is 35.5. The van der Waals surface area contributed by atoms with Gasteiger partial charge in [-0.15, -0.1) is 12.4 Å². The minimum atomic E-state index is 0. The van der Waals surface area contributed by atoms with Crippen molar-refractivity contribution < 1.29 is 4.74 Å². The molecule has 0 amide bonds. The molecule has 0 bridgehead atoms. The molecule has 1 aliphatic rings. The topological polar surface area (TPSA) is 21.3 Å². The maximum absolute atomic E-state index is 5.63. The summed E-state index contributed by atoms with van der Waals surface area (Å²) in [7, 11) is 0. The molecule has 0 aromatic heterocycles. The second-order valence-electron chi connectivity index (χ2n) is 4.78. The number of piperidine rings is 1. The predicted molar refractivity (Wildman–Crippen MR) is 67.7 cm³/mol. The van der Waals surface area contributed by atoms with E-state index >= 15 is 0 Å². The molecule has 1 rings (SSSR count). The maximum Gasteiger partial charge on any atom is 0.0468 e. The molecule has 0 saturated carbocycles. The number of rotatable bonds is 6. The lowest BCUT2D eigenvalue weighted by atomic mass is 9.95. The summed E-state index contributed by atoms with van der Waals surface area (Å²) >= 11 is 0. The van der Waals surface area contributed by atoms with Gasteiger partial charge in [0.05, 0.1) is 0 Å². The Kier molecular flexibility index (Phi) is 9.57. The van der Waals surface area contributed by atoms with Crippen LogP contribution in [0.3, 0.4) is 0 Å². The van der Waals surface area contributed by atoms with Gasteiger partial charge in [-0.25, -0.2) is 0 Å². The van der Waals surface area contributed by atoms with Gasteiger partial charge < -0.3 is 10.1 Å². The summed E-state index contributed by atoms with van der Waals surface area (Å²) in [4.78, 5) is 0. The summed E-state index contributed by atoms with van der Waals surface area (Å²) in [6, 6.07) is 0. The van der Waals surface area contributed by atoms with Crippen LogP contribution in [0.5, 0.6) is 0 Å². The van der Waals surface area contributed by atoms with Gasteiger partial charge in [-0.1, -0.05) is 13.8 Å². The Labute approximate surface area is 101 Å². The molecule has 1 heterocycles. The van der Waals surface area contributed by atoms with Crippen molar-refractivity contribution in [2.75, 3.05) is 26.3 Å². The smallest absolute Gasteiger partial charge is 0.0468 e. The molecule has 0 atom stereocenters. The van der Waals surface area contributed by atoms with Crippen molar-refractivity contribution in [1.29, 1.82) is 0 Å². The maximum atomic E-state index is 5.63. The summed E-state index contributed by atoms with van der Waals surface area (Å²) in [5.74, 6) is 1.68. The summed E-state index contributed by atoms with van der Waals surface area (Å²) in [5.41, 5.74) is 0. The first-order valence-corrected chi connectivity index (χ1v) is 6.07. The van der Waals surface area contributed by atoms with E-state index in [1.807, 2.05) is 0 Å². The van der Waals surface area contributed by atoms with E-state index in [0.717, 1.165) is 25.0 Å². The lowest BCUT2D eigenvalue weighted by Crippen LogP contribution is -2.28. The Morgan fingerprint density at radius 2 is 1.87 bits per heavy atom. The molecule has 1 N–H and O–H groups in total. The molecule has 0 spiro atoms. The third-order valence-electron chi connectivity index (χ3n) is 2.97. The lowest BCUT2D eigenvalue weighted by molar-refractivity contribution is 0.106. The summed E-state index contributed by atoms with van der Waals surface area (Å²) in [6.07, 6.45) is 5.15. The molecule has 0 aromatic rings. The monoisotopic (exact) mass is 235 g/mol. The third-order valence-corrected chi connectivity index (χ3v) is 2.97. The van der Waals surface area contributed by atoms with Gasteiger partial charge in [0.2, 0.25) is 0 Å². The van der Waals surface area contributed by atoms with Gasteiger partial charge in [-0.05, 0) is 50.6 Å². The molecule has 0 radical (unpaired) electrons. The Morgan fingerprint density at radius 3 is 2.47 bits per heavy atom. The van der Waals surface area contributed by atoms with E-state index < -0.39 is 0 Å². The second-order valence-corrected chi connectivity index (χ2v) is 4.78. The molecule has 1 aliphatic heterocycles. The molecule has 1 fully saturated rings. The molecule has 2 nitrogen and oxygen atoms in total. The number of ether oxygens (including phenoxy) is 1. The molecular weight excluding hydrogens is 210 g/mol. The Bertz CT molecular complexity index is 136. The number of hydrogen-bond acceptors (Lipinski definition) is 2. The highest BCUT2D eigenvalue weighted by Crippen LogP contribution is 2.15. The zero-order valence-corrected chi connectivity index (χ0v) is 10.9. The van der Waals surface area contributed by atoms with Crippen molar-refractivity contribution >= 4 is 12.4 Å². The van der Waals surface area contributed by atoms with Gasteiger partial charge >= 0.3 is 0 Å². The molecule has 1 saturated heterocycles. The Morgan fingerprint density at radius 1 is 1.20 bits per heavy atom. The third kappa shape index (κ3) is 8.06. The summed E-state index contributed by atoms with van der Waals surface area (Å²) in [5, 5.41) is 3.39. The van der Waals surface area contributed by atoms with E-state index in [0.29, 0.717) is 0 Å². The van der Waals surface area contributed by atoms with Crippen molar-refractivity contribution in [2.45, 2.75) is 39.5 Å². The molecule has 3 heteroatoms. The lowest BCUT2D eigenvalue weighted by Gasteiger charge is -2.22. The zero-order chi connectivity index (χ0) is 10.2. The minimum absolute atomic E-state index is 0. The number of hydrogen-bond donors (Lipinski definition) is 1. The minimum Gasteiger partial charge on any atom is -0.381 e. The van der Waals surface area contributed by atoms with E-state index in [1.165, 1.54) is 38.8 Å². The standard InChI is InChI=1S/C12H25NO.ClH/c1-11(2)5-9-14-10-6-12-3-7-13-8-4-12;/h11-13H,3-10H2,1-2H3;1H. The number of halogens is 1. The van der Waals surface area contributed by atoms with Gasteiger partial charge in [0.1, 0.15) is 0 Å². The highest BCUT2D eigenvalue weighted by Gasteiger charge is 2.12. The highest BCUT2D eigenvalue weighted by molar-refractivity contribution is 5.85. The average molecular weight is 236 g/mol. The first-order chi connectivity index (χ1) is 6.79. The van der Waals surface area contributed by atoms with Crippen LogP contribution in [0, 0.1) is 11.8 Å². The Hall–Kier alpha value is 0.210. The van der Waals surface area contributed by atoms with Crippen molar-refractivity contribution in [2.24, 2.45) is 11.8 Å². The molecule has 92 valence electrons. The quantitative estimate of drug-likeness (QED) is 0.715. The largest absolute Gasteiger partial charge is 0.381 e. The zero-order valence-electron chi connectivity index (χ0n) is 10.1. The Balaban J connectivity index is 0.00000196.